The molecule has 4 N–H and O–H groups in total. The van der Waals surface area contributed by atoms with Gasteiger partial charge in [-0.05, 0) is 29.8 Å². The number of anilines is 2. The predicted molar refractivity (Wildman–Crippen MR) is 82.0 cm³/mol. The number of nitrogen functional groups attached to an aromatic ring is 1. The first-order valence-electron chi connectivity index (χ1n) is 6.65. The Balaban J connectivity index is 1.76. The van der Waals surface area contributed by atoms with Crippen molar-refractivity contribution in [1.82, 2.24) is 0 Å². The Labute approximate surface area is 123 Å². The summed E-state index contributed by atoms with van der Waals surface area (Å²) in [4.78, 5) is 11.8. The number of carbonyl (C=O) groups is 1. The summed E-state index contributed by atoms with van der Waals surface area (Å²) in [5.74, 6) is 0.519. The van der Waals surface area contributed by atoms with E-state index in [-0.39, 0.29) is 25.5 Å². The normalized spacial score (nSPS) is 10.1. The fourth-order valence-electron chi connectivity index (χ4n) is 1.78. The van der Waals surface area contributed by atoms with Gasteiger partial charge < -0.3 is 20.9 Å². The number of nitrogens with two attached hydrogens (primary N) is 1. The zero-order valence-electron chi connectivity index (χ0n) is 11.6. The Hall–Kier alpha value is -2.53. The zero-order valence-corrected chi connectivity index (χ0v) is 11.6. The summed E-state index contributed by atoms with van der Waals surface area (Å²) >= 11 is 0. The Morgan fingerprint density at radius 1 is 1.19 bits per heavy atom. The van der Waals surface area contributed by atoms with Crippen molar-refractivity contribution in [3.8, 4) is 5.75 Å². The number of amides is 1. The molecule has 2 aromatic rings. The van der Waals surface area contributed by atoms with Crippen LogP contribution in [0.5, 0.6) is 5.75 Å². The number of nitrogens with one attached hydrogen (secondary N) is 1. The van der Waals surface area contributed by atoms with Crippen molar-refractivity contribution in [3.63, 3.8) is 0 Å². The lowest BCUT2D eigenvalue weighted by Gasteiger charge is -2.08. The van der Waals surface area contributed by atoms with Gasteiger partial charge in [-0.1, -0.05) is 18.2 Å². The molecule has 0 fully saturated rings. The molecule has 0 saturated heterocycles. The number of ether oxygens (including phenoxy) is 1. The molecule has 110 valence electrons. The second-order valence-electron chi connectivity index (χ2n) is 4.57. The molecule has 0 unspecified atom stereocenters. The number of rotatable bonds is 6. The number of aliphatic hydroxyl groups is 1. The van der Waals surface area contributed by atoms with Crippen molar-refractivity contribution in [2.45, 2.75) is 13.0 Å². The lowest BCUT2D eigenvalue weighted by molar-refractivity contribution is -0.116. The van der Waals surface area contributed by atoms with Gasteiger partial charge >= 0.3 is 0 Å². The fraction of sp³-hybridized carbons (Fsp3) is 0.188. The van der Waals surface area contributed by atoms with Crippen LogP contribution in [0.3, 0.4) is 0 Å². The second kappa shape index (κ2) is 7.31. The molecule has 21 heavy (non-hydrogen) atoms. The topological polar surface area (TPSA) is 84.6 Å². The van der Waals surface area contributed by atoms with Crippen molar-refractivity contribution in [3.05, 3.63) is 54.1 Å². The predicted octanol–water partition coefficient (Wildman–Crippen LogP) is 2.17. The highest BCUT2D eigenvalue weighted by Gasteiger charge is 2.03. The summed E-state index contributed by atoms with van der Waals surface area (Å²) < 4.78 is 5.46. The second-order valence-corrected chi connectivity index (χ2v) is 4.57. The van der Waals surface area contributed by atoms with Crippen molar-refractivity contribution in [2.75, 3.05) is 17.7 Å². The summed E-state index contributed by atoms with van der Waals surface area (Å²) in [7, 11) is 0. The molecular weight excluding hydrogens is 268 g/mol. The summed E-state index contributed by atoms with van der Waals surface area (Å²) in [6, 6.07) is 14.1. The van der Waals surface area contributed by atoms with Gasteiger partial charge in [0.15, 0.2) is 0 Å². The van der Waals surface area contributed by atoms with Crippen LogP contribution >= 0.6 is 0 Å². The Morgan fingerprint density at radius 3 is 2.62 bits per heavy atom. The van der Waals surface area contributed by atoms with Crippen LogP contribution in [-0.4, -0.2) is 17.6 Å². The Morgan fingerprint density at radius 2 is 1.95 bits per heavy atom. The highest BCUT2D eigenvalue weighted by molar-refractivity contribution is 5.90. The monoisotopic (exact) mass is 286 g/mol. The van der Waals surface area contributed by atoms with Crippen LogP contribution < -0.4 is 15.8 Å². The van der Waals surface area contributed by atoms with Gasteiger partial charge in [0.1, 0.15) is 5.75 Å². The van der Waals surface area contributed by atoms with Crippen LogP contribution in [0.25, 0.3) is 0 Å². The minimum Gasteiger partial charge on any atom is -0.493 e. The van der Waals surface area contributed by atoms with Gasteiger partial charge in [-0.2, -0.15) is 0 Å². The first-order chi connectivity index (χ1) is 10.2. The molecule has 0 saturated carbocycles. The fourth-order valence-corrected chi connectivity index (χ4v) is 1.78. The number of aliphatic hydroxyl groups excluding tert-OH is 1. The standard InChI is InChI=1S/C16H18N2O3/c17-13-2-1-3-15(10-13)21-9-8-16(20)18-14-6-4-12(11-19)5-7-14/h1-7,10,19H,8-9,11,17H2,(H,18,20). The van der Waals surface area contributed by atoms with E-state index in [2.05, 4.69) is 5.32 Å². The quantitative estimate of drug-likeness (QED) is 0.710. The van der Waals surface area contributed by atoms with E-state index in [1.54, 1.807) is 48.5 Å². The van der Waals surface area contributed by atoms with Gasteiger partial charge in [-0.3, -0.25) is 4.79 Å². The minimum atomic E-state index is -0.129. The van der Waals surface area contributed by atoms with Crippen LogP contribution in [0.4, 0.5) is 11.4 Å². The number of carbonyl (C=O) groups excluding carboxylic acids is 1. The van der Waals surface area contributed by atoms with Gasteiger partial charge in [0.05, 0.1) is 19.6 Å². The van der Waals surface area contributed by atoms with E-state index < -0.39 is 0 Å². The maximum Gasteiger partial charge on any atom is 0.227 e. The Bertz CT molecular complexity index is 597. The molecular formula is C16H18N2O3. The molecule has 2 rings (SSSR count). The van der Waals surface area contributed by atoms with Gasteiger partial charge in [0.25, 0.3) is 0 Å². The van der Waals surface area contributed by atoms with E-state index in [4.69, 9.17) is 15.6 Å². The molecule has 1 amide bonds. The summed E-state index contributed by atoms with van der Waals surface area (Å²) in [6.07, 6.45) is 0.247. The SMILES string of the molecule is Nc1cccc(OCCC(=O)Nc2ccc(CO)cc2)c1. The highest BCUT2D eigenvalue weighted by atomic mass is 16.5. The molecule has 0 radical (unpaired) electrons. The van der Waals surface area contributed by atoms with Crippen LogP contribution in [0.15, 0.2) is 48.5 Å². The highest BCUT2D eigenvalue weighted by Crippen LogP contribution is 2.15. The molecule has 0 bridgehead atoms. The van der Waals surface area contributed by atoms with Gasteiger partial charge in [-0.25, -0.2) is 0 Å². The van der Waals surface area contributed by atoms with Crippen molar-refractivity contribution < 1.29 is 14.6 Å². The van der Waals surface area contributed by atoms with Crippen molar-refractivity contribution >= 4 is 17.3 Å². The smallest absolute Gasteiger partial charge is 0.227 e. The Kier molecular flexibility index (Phi) is 5.17. The van der Waals surface area contributed by atoms with E-state index in [0.717, 1.165) is 5.56 Å². The van der Waals surface area contributed by atoms with Crippen LogP contribution in [-0.2, 0) is 11.4 Å². The summed E-state index contributed by atoms with van der Waals surface area (Å²) in [6.45, 7) is 0.270. The van der Waals surface area contributed by atoms with E-state index in [1.165, 1.54) is 0 Å². The van der Waals surface area contributed by atoms with Crippen molar-refractivity contribution in [2.24, 2.45) is 0 Å². The molecule has 0 aliphatic rings. The van der Waals surface area contributed by atoms with Crippen LogP contribution in [0.2, 0.25) is 0 Å². The van der Waals surface area contributed by atoms with Gasteiger partial charge in [-0.15, -0.1) is 0 Å². The molecule has 2 aromatic carbocycles. The third kappa shape index (κ3) is 4.81. The largest absolute Gasteiger partial charge is 0.493 e. The zero-order chi connectivity index (χ0) is 15.1. The summed E-state index contributed by atoms with van der Waals surface area (Å²) in [5, 5.41) is 11.7. The average Bonchev–Trinajstić information content (AvgIpc) is 2.48. The maximum atomic E-state index is 11.8. The third-order valence-corrected chi connectivity index (χ3v) is 2.88. The molecule has 0 aromatic heterocycles. The lowest BCUT2D eigenvalue weighted by Crippen LogP contribution is -2.15. The molecule has 0 aliphatic carbocycles. The van der Waals surface area contributed by atoms with E-state index in [0.29, 0.717) is 17.1 Å². The molecule has 5 nitrogen and oxygen atoms in total. The number of benzene rings is 2. The molecule has 0 atom stereocenters. The average molecular weight is 286 g/mol. The van der Waals surface area contributed by atoms with E-state index in [9.17, 15) is 4.79 Å². The van der Waals surface area contributed by atoms with Crippen LogP contribution in [0.1, 0.15) is 12.0 Å². The van der Waals surface area contributed by atoms with E-state index >= 15 is 0 Å². The number of hydrogen-bond acceptors (Lipinski definition) is 4. The molecule has 0 aliphatic heterocycles. The van der Waals surface area contributed by atoms with Gasteiger partial charge in [0.2, 0.25) is 5.91 Å². The first kappa shape index (κ1) is 14.9. The third-order valence-electron chi connectivity index (χ3n) is 2.88. The lowest BCUT2D eigenvalue weighted by atomic mass is 10.2. The molecule has 5 heteroatoms. The van der Waals surface area contributed by atoms with E-state index in [1.807, 2.05) is 0 Å². The van der Waals surface area contributed by atoms with Crippen molar-refractivity contribution in [1.29, 1.82) is 0 Å². The summed E-state index contributed by atoms with van der Waals surface area (Å²) in [5.41, 5.74) is 7.76. The molecule has 0 heterocycles. The van der Waals surface area contributed by atoms with Gasteiger partial charge in [0, 0.05) is 17.4 Å². The van der Waals surface area contributed by atoms with Crippen LogP contribution in [0, 0.1) is 0 Å². The molecule has 0 spiro atoms. The first-order valence-corrected chi connectivity index (χ1v) is 6.65. The maximum absolute atomic E-state index is 11.8. The number of hydrogen-bond donors (Lipinski definition) is 3. The minimum absolute atomic E-state index is 0.0116.